The Morgan fingerprint density at radius 2 is 1.86 bits per heavy atom. The average Bonchev–Trinajstić information content (AvgIpc) is 2.15. The van der Waals surface area contributed by atoms with Crippen LogP contribution in [0.25, 0.3) is 0 Å². The van der Waals surface area contributed by atoms with E-state index in [2.05, 4.69) is 39.9 Å². The third-order valence-electron chi connectivity index (χ3n) is 3.28. The van der Waals surface area contributed by atoms with E-state index in [-0.39, 0.29) is 0 Å². The molecular weight excluding hydrogens is 170 g/mol. The van der Waals surface area contributed by atoms with Crippen LogP contribution in [0.3, 0.4) is 0 Å². The Kier molecular flexibility index (Phi) is 7.26. The SMILES string of the molecule is CCCC(C)CC(C)(CC)CNCC. The third-order valence-corrected chi connectivity index (χ3v) is 3.28. The molecule has 0 heterocycles. The lowest BCUT2D eigenvalue weighted by atomic mass is 9.78. The molecule has 0 aliphatic carbocycles. The van der Waals surface area contributed by atoms with Gasteiger partial charge in [0.25, 0.3) is 0 Å². The van der Waals surface area contributed by atoms with Gasteiger partial charge in [-0.15, -0.1) is 0 Å². The van der Waals surface area contributed by atoms with Crippen LogP contribution in [0.2, 0.25) is 0 Å². The molecule has 1 N–H and O–H groups in total. The van der Waals surface area contributed by atoms with Gasteiger partial charge in [-0.2, -0.15) is 0 Å². The van der Waals surface area contributed by atoms with Gasteiger partial charge >= 0.3 is 0 Å². The number of nitrogens with one attached hydrogen (secondary N) is 1. The summed E-state index contributed by atoms with van der Waals surface area (Å²) >= 11 is 0. The van der Waals surface area contributed by atoms with E-state index in [1.165, 1.54) is 32.2 Å². The zero-order valence-electron chi connectivity index (χ0n) is 10.8. The molecule has 14 heavy (non-hydrogen) atoms. The maximum absolute atomic E-state index is 3.49. The summed E-state index contributed by atoms with van der Waals surface area (Å²) in [6.45, 7) is 13.9. The molecule has 2 atom stereocenters. The summed E-state index contributed by atoms with van der Waals surface area (Å²) in [6.07, 6.45) is 5.35. The molecule has 1 nitrogen and oxygen atoms in total. The smallest absolute Gasteiger partial charge is 0.000504 e. The number of hydrogen-bond acceptors (Lipinski definition) is 1. The molecule has 0 fully saturated rings. The highest BCUT2D eigenvalue weighted by Gasteiger charge is 2.23. The van der Waals surface area contributed by atoms with Crippen molar-refractivity contribution in [1.82, 2.24) is 5.32 Å². The lowest BCUT2D eigenvalue weighted by Gasteiger charge is -2.31. The Hall–Kier alpha value is -0.0400. The highest BCUT2D eigenvalue weighted by molar-refractivity contribution is 4.77. The fourth-order valence-electron chi connectivity index (χ4n) is 2.20. The summed E-state index contributed by atoms with van der Waals surface area (Å²) in [5.41, 5.74) is 0.505. The monoisotopic (exact) mass is 199 g/mol. The summed E-state index contributed by atoms with van der Waals surface area (Å²) < 4.78 is 0. The lowest BCUT2D eigenvalue weighted by molar-refractivity contribution is 0.223. The molecule has 0 aliphatic rings. The third kappa shape index (κ3) is 5.64. The van der Waals surface area contributed by atoms with E-state index in [1.807, 2.05) is 0 Å². The van der Waals surface area contributed by atoms with Crippen molar-refractivity contribution >= 4 is 0 Å². The second-order valence-corrected chi connectivity index (χ2v) is 5.04. The van der Waals surface area contributed by atoms with E-state index in [1.54, 1.807) is 0 Å². The largest absolute Gasteiger partial charge is 0.316 e. The fraction of sp³-hybridized carbons (Fsp3) is 1.00. The Balaban J connectivity index is 3.96. The fourth-order valence-corrected chi connectivity index (χ4v) is 2.20. The summed E-state index contributed by atoms with van der Waals surface area (Å²) in [5.74, 6) is 0.878. The molecule has 0 aromatic carbocycles. The van der Waals surface area contributed by atoms with Crippen LogP contribution < -0.4 is 5.32 Å². The second kappa shape index (κ2) is 7.28. The van der Waals surface area contributed by atoms with E-state index in [0.717, 1.165) is 12.5 Å². The maximum Gasteiger partial charge on any atom is 0.000504 e. The minimum atomic E-state index is 0.505. The van der Waals surface area contributed by atoms with Gasteiger partial charge in [-0.3, -0.25) is 0 Å². The van der Waals surface area contributed by atoms with Gasteiger partial charge in [0, 0.05) is 6.54 Å². The normalized spacial score (nSPS) is 17.8. The van der Waals surface area contributed by atoms with Gasteiger partial charge in [-0.1, -0.05) is 47.5 Å². The second-order valence-electron chi connectivity index (χ2n) is 5.04. The molecule has 1 heteroatoms. The molecule has 0 amide bonds. The van der Waals surface area contributed by atoms with Crippen molar-refractivity contribution in [2.24, 2.45) is 11.3 Å². The van der Waals surface area contributed by atoms with E-state index in [9.17, 15) is 0 Å². The topological polar surface area (TPSA) is 12.0 Å². The number of rotatable bonds is 8. The molecule has 0 aromatic heterocycles. The van der Waals surface area contributed by atoms with Crippen LogP contribution >= 0.6 is 0 Å². The number of hydrogen-bond donors (Lipinski definition) is 1. The standard InChI is InChI=1S/C13H29N/c1-6-9-12(4)10-13(5,7-2)11-14-8-3/h12,14H,6-11H2,1-5H3. The molecule has 0 rings (SSSR count). The Labute approximate surface area is 90.7 Å². The van der Waals surface area contributed by atoms with Crippen molar-refractivity contribution in [3.63, 3.8) is 0 Å². The van der Waals surface area contributed by atoms with E-state index in [0.29, 0.717) is 5.41 Å². The summed E-state index contributed by atoms with van der Waals surface area (Å²) in [6, 6.07) is 0. The zero-order valence-corrected chi connectivity index (χ0v) is 10.8. The predicted molar refractivity (Wildman–Crippen MR) is 65.6 cm³/mol. The highest BCUT2D eigenvalue weighted by atomic mass is 14.9. The van der Waals surface area contributed by atoms with Gasteiger partial charge in [0.1, 0.15) is 0 Å². The van der Waals surface area contributed by atoms with Crippen molar-refractivity contribution in [2.45, 2.75) is 60.3 Å². The van der Waals surface area contributed by atoms with Crippen LogP contribution in [0.5, 0.6) is 0 Å². The van der Waals surface area contributed by atoms with Crippen LogP contribution in [0, 0.1) is 11.3 Å². The Bertz CT molecular complexity index is 133. The van der Waals surface area contributed by atoms with Crippen LogP contribution in [0.15, 0.2) is 0 Å². The summed E-state index contributed by atoms with van der Waals surface area (Å²) in [5, 5.41) is 3.49. The molecule has 0 aliphatic heterocycles. The molecular formula is C13H29N. The van der Waals surface area contributed by atoms with Gasteiger partial charge in [-0.05, 0) is 30.7 Å². The van der Waals surface area contributed by atoms with Crippen molar-refractivity contribution in [3.8, 4) is 0 Å². The zero-order chi connectivity index (χ0) is 11.0. The first-order valence-corrected chi connectivity index (χ1v) is 6.28. The van der Waals surface area contributed by atoms with Crippen LogP contribution in [-0.2, 0) is 0 Å². The first kappa shape index (κ1) is 14.0. The Morgan fingerprint density at radius 1 is 1.21 bits per heavy atom. The minimum Gasteiger partial charge on any atom is -0.316 e. The van der Waals surface area contributed by atoms with E-state index in [4.69, 9.17) is 0 Å². The van der Waals surface area contributed by atoms with Crippen LogP contribution in [0.1, 0.15) is 60.3 Å². The molecule has 0 saturated heterocycles. The van der Waals surface area contributed by atoms with Crippen molar-refractivity contribution < 1.29 is 0 Å². The average molecular weight is 199 g/mol. The van der Waals surface area contributed by atoms with Crippen molar-refractivity contribution in [2.75, 3.05) is 13.1 Å². The van der Waals surface area contributed by atoms with Crippen molar-refractivity contribution in [3.05, 3.63) is 0 Å². The van der Waals surface area contributed by atoms with E-state index < -0.39 is 0 Å². The van der Waals surface area contributed by atoms with Gasteiger partial charge in [0.15, 0.2) is 0 Å². The summed E-state index contributed by atoms with van der Waals surface area (Å²) in [4.78, 5) is 0. The minimum absolute atomic E-state index is 0.505. The highest BCUT2D eigenvalue weighted by Crippen LogP contribution is 2.30. The molecule has 0 saturated carbocycles. The first-order valence-electron chi connectivity index (χ1n) is 6.28. The van der Waals surface area contributed by atoms with Gasteiger partial charge < -0.3 is 5.32 Å². The molecule has 86 valence electrons. The van der Waals surface area contributed by atoms with Crippen molar-refractivity contribution in [1.29, 1.82) is 0 Å². The predicted octanol–water partition coefficient (Wildman–Crippen LogP) is 3.84. The molecule has 0 bridgehead atoms. The van der Waals surface area contributed by atoms with E-state index >= 15 is 0 Å². The van der Waals surface area contributed by atoms with Gasteiger partial charge in [-0.25, -0.2) is 0 Å². The van der Waals surface area contributed by atoms with Gasteiger partial charge in [0.2, 0.25) is 0 Å². The molecule has 0 radical (unpaired) electrons. The quantitative estimate of drug-likeness (QED) is 0.626. The van der Waals surface area contributed by atoms with Crippen LogP contribution in [0.4, 0.5) is 0 Å². The van der Waals surface area contributed by atoms with Crippen LogP contribution in [-0.4, -0.2) is 13.1 Å². The molecule has 2 unspecified atom stereocenters. The Morgan fingerprint density at radius 3 is 2.29 bits per heavy atom. The molecule has 0 aromatic rings. The lowest BCUT2D eigenvalue weighted by Crippen LogP contribution is -2.32. The van der Waals surface area contributed by atoms with Gasteiger partial charge in [0.05, 0.1) is 0 Å². The molecule has 0 spiro atoms. The maximum atomic E-state index is 3.49. The first-order chi connectivity index (χ1) is 6.58. The summed E-state index contributed by atoms with van der Waals surface area (Å²) in [7, 11) is 0.